The number of ether oxygens (including phenoxy) is 1. The summed E-state index contributed by atoms with van der Waals surface area (Å²) in [5.41, 5.74) is 2.71. The minimum atomic E-state index is -0.154. The molecule has 0 saturated carbocycles. The van der Waals surface area contributed by atoms with Gasteiger partial charge in [-0.05, 0) is 28.5 Å². The monoisotopic (exact) mass is 354 g/mol. The van der Waals surface area contributed by atoms with Gasteiger partial charge in [-0.15, -0.1) is 0 Å². The fourth-order valence-corrected chi connectivity index (χ4v) is 3.07. The zero-order valence-electron chi connectivity index (χ0n) is 17.6. The van der Waals surface area contributed by atoms with E-state index in [0.29, 0.717) is 12.4 Å². The van der Waals surface area contributed by atoms with E-state index >= 15 is 0 Å². The number of rotatable bonds is 4. The molecule has 0 aliphatic carbocycles. The lowest BCUT2D eigenvalue weighted by atomic mass is 9.79. The van der Waals surface area contributed by atoms with Gasteiger partial charge in [0.2, 0.25) is 0 Å². The quantitative estimate of drug-likeness (QED) is 0.694. The van der Waals surface area contributed by atoms with Gasteiger partial charge in [0.1, 0.15) is 11.5 Å². The van der Waals surface area contributed by atoms with Crippen LogP contribution in [0.15, 0.2) is 42.5 Å². The molecule has 2 nitrogen and oxygen atoms in total. The summed E-state index contributed by atoms with van der Waals surface area (Å²) < 4.78 is 6.24. The first-order chi connectivity index (χ1) is 11.8. The normalized spacial score (nSPS) is 12.9. The average molecular weight is 355 g/mol. The molecule has 0 spiro atoms. The Bertz CT molecular complexity index is 709. The van der Waals surface area contributed by atoms with Crippen molar-refractivity contribution in [2.45, 2.75) is 71.6 Å². The van der Waals surface area contributed by atoms with E-state index in [0.717, 1.165) is 16.9 Å². The third-order valence-corrected chi connectivity index (χ3v) is 4.85. The summed E-state index contributed by atoms with van der Waals surface area (Å²) in [5, 5.41) is 10.8. The first-order valence-corrected chi connectivity index (χ1v) is 9.39. The first kappa shape index (κ1) is 20.4. The van der Waals surface area contributed by atoms with E-state index in [-0.39, 0.29) is 16.2 Å². The summed E-state index contributed by atoms with van der Waals surface area (Å²) in [7, 11) is 0. The Kier molecular flexibility index (Phi) is 5.46. The standard InChI is InChI=1S/C24H34O2/c1-22(2,3)19-14-18(15-20(21(19)25)23(4,5)6)26-16-24(7,8)17-12-10-9-11-13-17/h9-15,25H,16H2,1-8H3. The molecule has 0 saturated heterocycles. The number of hydrogen-bond acceptors (Lipinski definition) is 2. The third kappa shape index (κ3) is 4.60. The predicted octanol–water partition coefficient (Wildman–Crippen LogP) is 6.34. The average Bonchev–Trinajstić information content (AvgIpc) is 2.52. The fraction of sp³-hybridized carbons (Fsp3) is 0.500. The molecule has 2 heteroatoms. The van der Waals surface area contributed by atoms with Crippen molar-refractivity contribution in [3.05, 3.63) is 59.2 Å². The first-order valence-electron chi connectivity index (χ1n) is 9.39. The molecule has 2 rings (SSSR count). The number of phenols is 1. The zero-order valence-corrected chi connectivity index (χ0v) is 17.6. The third-order valence-electron chi connectivity index (χ3n) is 4.85. The van der Waals surface area contributed by atoms with Crippen LogP contribution in [0.3, 0.4) is 0 Å². The largest absolute Gasteiger partial charge is 0.507 e. The summed E-state index contributed by atoms with van der Waals surface area (Å²) in [4.78, 5) is 0. The minimum Gasteiger partial charge on any atom is -0.507 e. The molecule has 142 valence electrons. The van der Waals surface area contributed by atoms with Crippen molar-refractivity contribution in [3.8, 4) is 11.5 Å². The Labute approximate surface area is 159 Å². The molecule has 26 heavy (non-hydrogen) atoms. The van der Waals surface area contributed by atoms with E-state index in [1.54, 1.807) is 0 Å². The van der Waals surface area contributed by atoms with Gasteiger partial charge in [-0.1, -0.05) is 85.7 Å². The van der Waals surface area contributed by atoms with Crippen molar-refractivity contribution in [3.63, 3.8) is 0 Å². The van der Waals surface area contributed by atoms with Crippen LogP contribution >= 0.6 is 0 Å². The molecule has 0 radical (unpaired) electrons. The van der Waals surface area contributed by atoms with Crippen molar-refractivity contribution in [2.75, 3.05) is 6.61 Å². The lowest BCUT2D eigenvalue weighted by Crippen LogP contribution is -2.26. The Hall–Kier alpha value is -1.96. The summed E-state index contributed by atoms with van der Waals surface area (Å²) in [6.07, 6.45) is 0. The van der Waals surface area contributed by atoms with Gasteiger partial charge in [0.25, 0.3) is 0 Å². The van der Waals surface area contributed by atoms with Crippen molar-refractivity contribution in [1.82, 2.24) is 0 Å². The molecule has 0 aliphatic heterocycles. The van der Waals surface area contributed by atoms with Gasteiger partial charge in [0.05, 0.1) is 6.61 Å². The van der Waals surface area contributed by atoms with Crippen LogP contribution in [-0.2, 0) is 16.2 Å². The highest BCUT2D eigenvalue weighted by Gasteiger charge is 2.28. The number of phenolic OH excluding ortho intramolecular Hbond substituents is 1. The highest BCUT2D eigenvalue weighted by Crippen LogP contribution is 2.42. The van der Waals surface area contributed by atoms with Gasteiger partial charge in [-0.2, -0.15) is 0 Å². The van der Waals surface area contributed by atoms with E-state index in [1.807, 2.05) is 18.2 Å². The van der Waals surface area contributed by atoms with Gasteiger partial charge in [-0.3, -0.25) is 0 Å². The van der Waals surface area contributed by atoms with Crippen molar-refractivity contribution >= 4 is 0 Å². The van der Waals surface area contributed by atoms with Crippen LogP contribution in [0.2, 0.25) is 0 Å². The van der Waals surface area contributed by atoms with Gasteiger partial charge < -0.3 is 9.84 Å². The molecule has 0 aliphatic rings. The molecule has 0 heterocycles. The van der Waals surface area contributed by atoms with Crippen molar-refractivity contribution < 1.29 is 9.84 Å². The predicted molar refractivity (Wildman–Crippen MR) is 110 cm³/mol. The molecule has 1 N–H and O–H groups in total. The van der Waals surface area contributed by atoms with E-state index in [4.69, 9.17) is 4.74 Å². The maximum absolute atomic E-state index is 10.8. The number of benzene rings is 2. The Morgan fingerprint density at radius 1 is 0.769 bits per heavy atom. The van der Waals surface area contributed by atoms with Gasteiger partial charge >= 0.3 is 0 Å². The molecule has 0 unspecified atom stereocenters. The van der Waals surface area contributed by atoms with E-state index in [9.17, 15) is 5.11 Å². The number of hydrogen-bond donors (Lipinski definition) is 1. The van der Waals surface area contributed by atoms with Crippen LogP contribution in [0.4, 0.5) is 0 Å². The summed E-state index contributed by atoms with van der Waals surface area (Å²) in [6.45, 7) is 17.7. The summed E-state index contributed by atoms with van der Waals surface area (Å²) >= 11 is 0. The number of aromatic hydroxyl groups is 1. The smallest absolute Gasteiger partial charge is 0.123 e. The second-order valence-electron chi connectivity index (χ2n) is 9.91. The summed E-state index contributed by atoms with van der Waals surface area (Å²) in [6, 6.07) is 14.4. The topological polar surface area (TPSA) is 29.5 Å². The van der Waals surface area contributed by atoms with Gasteiger partial charge in [0, 0.05) is 16.5 Å². The molecule has 0 bridgehead atoms. The molecular formula is C24H34O2. The van der Waals surface area contributed by atoms with Crippen LogP contribution in [-0.4, -0.2) is 11.7 Å². The van der Waals surface area contributed by atoms with E-state index in [2.05, 4.69) is 79.7 Å². The lowest BCUT2D eigenvalue weighted by Gasteiger charge is -2.29. The second-order valence-corrected chi connectivity index (χ2v) is 9.91. The van der Waals surface area contributed by atoms with Gasteiger partial charge in [0.15, 0.2) is 0 Å². The van der Waals surface area contributed by atoms with Crippen LogP contribution in [0.5, 0.6) is 11.5 Å². The Morgan fingerprint density at radius 2 is 1.23 bits per heavy atom. The molecule has 0 aromatic heterocycles. The molecule has 2 aromatic rings. The fourth-order valence-electron chi connectivity index (χ4n) is 3.07. The Morgan fingerprint density at radius 3 is 1.65 bits per heavy atom. The zero-order chi connectivity index (χ0) is 19.8. The Balaban J connectivity index is 2.38. The summed E-state index contributed by atoms with van der Waals surface area (Å²) in [5.74, 6) is 1.21. The van der Waals surface area contributed by atoms with Crippen LogP contribution in [0, 0.1) is 0 Å². The SMILES string of the molecule is CC(C)(C)c1cc(OCC(C)(C)c2ccccc2)cc(C(C)(C)C)c1O. The van der Waals surface area contributed by atoms with E-state index in [1.165, 1.54) is 5.56 Å². The molecule has 0 amide bonds. The van der Waals surface area contributed by atoms with Crippen LogP contribution in [0.1, 0.15) is 72.1 Å². The lowest BCUT2D eigenvalue weighted by molar-refractivity contribution is 0.239. The van der Waals surface area contributed by atoms with Crippen molar-refractivity contribution in [1.29, 1.82) is 0 Å². The molecule has 0 fully saturated rings. The minimum absolute atomic E-state index is 0.0943. The van der Waals surface area contributed by atoms with E-state index < -0.39 is 0 Å². The van der Waals surface area contributed by atoms with Gasteiger partial charge in [-0.25, -0.2) is 0 Å². The second kappa shape index (κ2) is 6.98. The highest BCUT2D eigenvalue weighted by atomic mass is 16.5. The van der Waals surface area contributed by atoms with Crippen molar-refractivity contribution in [2.24, 2.45) is 0 Å². The highest BCUT2D eigenvalue weighted by molar-refractivity contribution is 5.52. The molecule has 2 aromatic carbocycles. The maximum atomic E-state index is 10.8. The maximum Gasteiger partial charge on any atom is 0.123 e. The van der Waals surface area contributed by atoms with Crippen LogP contribution < -0.4 is 4.74 Å². The van der Waals surface area contributed by atoms with Crippen LogP contribution in [0.25, 0.3) is 0 Å². The molecular weight excluding hydrogens is 320 g/mol. The molecule has 0 atom stereocenters.